The van der Waals surface area contributed by atoms with E-state index in [4.69, 9.17) is 5.11 Å². The minimum Gasteiger partial charge on any atom is -0.481 e. The minimum atomic E-state index is -0.679. The van der Waals surface area contributed by atoms with Crippen LogP contribution in [-0.2, 0) is 4.79 Å². The van der Waals surface area contributed by atoms with Crippen molar-refractivity contribution in [3.63, 3.8) is 0 Å². The van der Waals surface area contributed by atoms with Crippen LogP contribution in [-0.4, -0.2) is 46.8 Å². The highest BCUT2D eigenvalue weighted by molar-refractivity contribution is 6.06. The largest absolute Gasteiger partial charge is 0.481 e. The third-order valence-corrected chi connectivity index (χ3v) is 4.40. The fraction of sp³-hybridized carbons (Fsp3) is 0.533. The number of rotatable bonds is 1. The van der Waals surface area contributed by atoms with Crippen molar-refractivity contribution in [1.29, 1.82) is 0 Å². The molecule has 5 nitrogen and oxygen atoms in total. The number of allylic oxidation sites excluding steroid dienone is 2. The lowest BCUT2D eigenvalue weighted by molar-refractivity contribution is -0.143. The molecule has 20 heavy (non-hydrogen) atoms. The molecule has 0 bridgehead atoms. The second-order valence-corrected chi connectivity index (χ2v) is 5.78. The van der Waals surface area contributed by atoms with Gasteiger partial charge in [0.05, 0.1) is 11.5 Å². The predicted molar refractivity (Wildman–Crippen MR) is 78.1 cm³/mol. The topological polar surface area (TPSA) is 65.3 Å². The highest BCUT2D eigenvalue weighted by atomic mass is 16.4. The molecule has 2 heterocycles. The third kappa shape index (κ3) is 2.17. The average Bonchev–Trinajstić information content (AvgIpc) is 2.46. The Hall–Kier alpha value is -1.91. The molecule has 0 spiro atoms. The van der Waals surface area contributed by atoms with Crippen LogP contribution in [0, 0.1) is 5.92 Å². The van der Waals surface area contributed by atoms with E-state index in [2.05, 4.69) is 40.0 Å². The second kappa shape index (κ2) is 4.89. The number of hydrogen-bond donors (Lipinski definition) is 1. The average molecular weight is 273 g/mol. The van der Waals surface area contributed by atoms with Crippen LogP contribution in [0.4, 0.5) is 0 Å². The fourth-order valence-corrected chi connectivity index (χ4v) is 3.06. The summed E-state index contributed by atoms with van der Waals surface area (Å²) in [5, 5.41) is 9.07. The molecule has 1 N–H and O–H groups in total. The van der Waals surface area contributed by atoms with Gasteiger partial charge in [0.25, 0.3) is 0 Å². The van der Waals surface area contributed by atoms with Crippen LogP contribution >= 0.6 is 0 Å². The van der Waals surface area contributed by atoms with Crippen molar-refractivity contribution in [2.45, 2.75) is 31.7 Å². The predicted octanol–water partition coefficient (Wildman–Crippen LogP) is 1.87. The summed E-state index contributed by atoms with van der Waals surface area (Å²) in [5.41, 5.74) is 0.937. The molecule has 2 aliphatic heterocycles. The third-order valence-electron chi connectivity index (χ3n) is 4.40. The molecule has 3 rings (SSSR count). The van der Waals surface area contributed by atoms with E-state index < -0.39 is 5.97 Å². The van der Waals surface area contributed by atoms with Gasteiger partial charge in [-0.05, 0) is 26.2 Å². The molecule has 1 aliphatic carbocycles. The number of fused-ring (bicyclic) bond motifs is 1. The summed E-state index contributed by atoms with van der Waals surface area (Å²) in [6.07, 6.45) is 10.2. The number of carboxylic acids is 1. The Morgan fingerprint density at radius 1 is 1.45 bits per heavy atom. The molecular formula is C15H19N3O2. The van der Waals surface area contributed by atoms with Crippen LogP contribution < -0.4 is 0 Å². The van der Waals surface area contributed by atoms with Gasteiger partial charge in [-0.25, -0.2) is 4.99 Å². The van der Waals surface area contributed by atoms with Gasteiger partial charge in [-0.15, -0.1) is 0 Å². The Morgan fingerprint density at radius 2 is 2.20 bits per heavy atom. The highest BCUT2D eigenvalue weighted by Crippen LogP contribution is 2.34. The van der Waals surface area contributed by atoms with E-state index >= 15 is 0 Å². The number of piperidine rings is 1. The maximum atomic E-state index is 11.0. The second-order valence-electron chi connectivity index (χ2n) is 5.78. The molecule has 5 heteroatoms. The van der Waals surface area contributed by atoms with E-state index in [-0.39, 0.29) is 11.5 Å². The van der Waals surface area contributed by atoms with Crippen LogP contribution in [0.1, 0.15) is 26.2 Å². The zero-order valence-corrected chi connectivity index (χ0v) is 11.6. The summed E-state index contributed by atoms with van der Waals surface area (Å²) in [7, 11) is 0. The Bertz CT molecular complexity index is 539. The molecule has 0 aromatic rings. The Balaban J connectivity index is 1.79. The van der Waals surface area contributed by atoms with Crippen molar-refractivity contribution in [1.82, 2.24) is 4.90 Å². The van der Waals surface area contributed by atoms with E-state index in [0.29, 0.717) is 12.8 Å². The molecule has 0 saturated carbocycles. The zero-order chi connectivity index (χ0) is 14.2. The monoisotopic (exact) mass is 273 g/mol. The number of aliphatic carboxylic acids is 1. The molecule has 1 unspecified atom stereocenters. The molecule has 0 amide bonds. The Kier molecular flexibility index (Phi) is 3.20. The number of aliphatic imine (C=N–C) groups is 2. The van der Waals surface area contributed by atoms with E-state index in [1.165, 1.54) is 0 Å². The van der Waals surface area contributed by atoms with E-state index in [1.807, 2.05) is 0 Å². The van der Waals surface area contributed by atoms with Crippen molar-refractivity contribution in [3.05, 3.63) is 23.8 Å². The molecule has 0 aromatic heterocycles. The molecule has 1 atom stereocenters. The van der Waals surface area contributed by atoms with Crippen LogP contribution in [0.25, 0.3) is 0 Å². The summed E-state index contributed by atoms with van der Waals surface area (Å²) in [6, 6.07) is 0. The van der Waals surface area contributed by atoms with E-state index in [1.54, 1.807) is 6.34 Å². The van der Waals surface area contributed by atoms with Gasteiger partial charge in [-0.1, -0.05) is 18.2 Å². The number of likely N-dealkylation sites (tertiary alicyclic amines) is 1. The molecule has 106 valence electrons. The van der Waals surface area contributed by atoms with Crippen LogP contribution in [0.5, 0.6) is 0 Å². The van der Waals surface area contributed by atoms with Gasteiger partial charge >= 0.3 is 5.97 Å². The lowest BCUT2D eigenvalue weighted by atomic mass is 9.83. The summed E-state index contributed by atoms with van der Waals surface area (Å²) >= 11 is 0. The summed E-state index contributed by atoms with van der Waals surface area (Å²) in [4.78, 5) is 22.2. The van der Waals surface area contributed by atoms with E-state index in [0.717, 1.165) is 30.9 Å². The first-order valence-electron chi connectivity index (χ1n) is 7.07. The molecule has 1 fully saturated rings. The Morgan fingerprint density at radius 3 is 2.90 bits per heavy atom. The summed E-state index contributed by atoms with van der Waals surface area (Å²) < 4.78 is 0. The number of hydrogen-bond acceptors (Lipinski definition) is 4. The lowest BCUT2D eigenvalue weighted by Gasteiger charge is -2.39. The summed E-state index contributed by atoms with van der Waals surface area (Å²) in [5.74, 6) is 0.0767. The quantitative estimate of drug-likeness (QED) is 0.793. The van der Waals surface area contributed by atoms with Gasteiger partial charge in [0.1, 0.15) is 12.2 Å². The van der Waals surface area contributed by atoms with Gasteiger partial charge in [-0.2, -0.15) is 0 Å². The minimum absolute atomic E-state index is 0.212. The van der Waals surface area contributed by atoms with Crippen LogP contribution in [0.15, 0.2) is 33.8 Å². The first-order chi connectivity index (χ1) is 9.60. The maximum absolute atomic E-state index is 11.0. The highest BCUT2D eigenvalue weighted by Gasteiger charge is 2.37. The first kappa shape index (κ1) is 13.1. The van der Waals surface area contributed by atoms with E-state index in [9.17, 15) is 4.79 Å². The molecule has 1 saturated heterocycles. The lowest BCUT2D eigenvalue weighted by Crippen LogP contribution is -2.46. The normalized spacial score (nSPS) is 29.8. The Labute approximate surface area is 118 Å². The maximum Gasteiger partial charge on any atom is 0.306 e. The van der Waals surface area contributed by atoms with Crippen LogP contribution in [0.3, 0.4) is 0 Å². The van der Waals surface area contributed by atoms with Crippen molar-refractivity contribution in [2.75, 3.05) is 13.1 Å². The zero-order valence-electron chi connectivity index (χ0n) is 11.6. The standard InChI is InChI=1S/C15H19N3O2/c1-15-7-3-2-4-12(15)13(16-10-17-15)18-8-5-11(6-9-18)14(19)20/h2-4,10-11H,5-9H2,1H3,(H,19,20). The number of nitrogens with zero attached hydrogens (tertiary/aromatic N) is 3. The van der Waals surface area contributed by atoms with Crippen LogP contribution in [0.2, 0.25) is 0 Å². The number of amidine groups is 1. The SMILES string of the molecule is CC12CC=CC=C1C(N1CCC(C(=O)O)CC1)=NC=N2. The van der Waals surface area contributed by atoms with Crippen molar-refractivity contribution >= 4 is 18.1 Å². The van der Waals surface area contributed by atoms with Crippen molar-refractivity contribution in [3.8, 4) is 0 Å². The fourth-order valence-electron chi connectivity index (χ4n) is 3.06. The molecule has 0 aromatic carbocycles. The molecule has 3 aliphatic rings. The molecular weight excluding hydrogens is 254 g/mol. The summed E-state index contributed by atoms with van der Waals surface area (Å²) in [6.45, 7) is 3.62. The van der Waals surface area contributed by atoms with Gasteiger partial charge in [0.15, 0.2) is 0 Å². The van der Waals surface area contributed by atoms with Crippen molar-refractivity contribution in [2.24, 2.45) is 15.9 Å². The molecule has 0 radical (unpaired) electrons. The smallest absolute Gasteiger partial charge is 0.306 e. The number of carbonyl (C=O) groups is 1. The van der Waals surface area contributed by atoms with Gasteiger partial charge < -0.3 is 10.0 Å². The first-order valence-corrected chi connectivity index (χ1v) is 7.07. The van der Waals surface area contributed by atoms with Gasteiger partial charge in [0, 0.05) is 18.7 Å². The number of carboxylic acid groups (broad SMARTS) is 1. The van der Waals surface area contributed by atoms with Gasteiger partial charge in [-0.3, -0.25) is 9.79 Å². The van der Waals surface area contributed by atoms with Crippen molar-refractivity contribution < 1.29 is 9.90 Å². The van der Waals surface area contributed by atoms with Gasteiger partial charge in [0.2, 0.25) is 0 Å².